The largest absolute Gasteiger partial charge is 0.0850 e. The molecule has 0 spiro atoms. The van der Waals surface area contributed by atoms with Crippen LogP contribution in [0.25, 0.3) is 0 Å². The molecule has 0 radical (unpaired) electrons. The monoisotopic (exact) mass is 123 g/mol. The van der Waals surface area contributed by atoms with Gasteiger partial charge in [-0.3, -0.25) is 0 Å². The molecular formula is C9H14. The lowest BCUT2D eigenvalue weighted by atomic mass is 9.86. The van der Waals surface area contributed by atoms with Gasteiger partial charge in [0.15, 0.2) is 0 Å². The first-order chi connectivity index (χ1) is 4.86. The third-order valence-electron chi connectivity index (χ3n) is 2.54. The first-order valence-corrected chi connectivity index (χ1v) is 3.99. The maximum Gasteiger partial charge on any atom is 0.0310 e. The van der Waals surface area contributed by atoms with E-state index < -0.39 is 0 Å². The molecule has 0 saturated heterocycles. The van der Waals surface area contributed by atoms with E-state index in [4.69, 9.17) is 1.37 Å². The van der Waals surface area contributed by atoms with Crippen LogP contribution in [0, 0.1) is 5.92 Å². The summed E-state index contributed by atoms with van der Waals surface area (Å²) < 4.78 is 7.55. The van der Waals surface area contributed by atoms with E-state index in [1.807, 2.05) is 0 Å². The zero-order valence-corrected chi connectivity index (χ0v) is 5.77. The number of allylic oxidation sites excluding steroid dienone is 2. The van der Waals surface area contributed by atoms with Crippen LogP contribution >= 0.6 is 0 Å². The van der Waals surface area contributed by atoms with Gasteiger partial charge in [-0.2, -0.15) is 0 Å². The predicted molar refractivity (Wildman–Crippen MR) is 39.3 cm³/mol. The molecule has 2 aliphatic carbocycles. The second-order valence-corrected chi connectivity index (χ2v) is 3.16. The normalized spacial score (nSPS) is 43.6. The molecule has 0 aromatic heterocycles. The zero-order chi connectivity index (χ0) is 6.97. The van der Waals surface area contributed by atoms with Crippen LogP contribution in [0.5, 0.6) is 0 Å². The molecule has 0 nitrogen and oxygen atoms in total. The van der Waals surface area contributed by atoms with Crippen LogP contribution in [0.4, 0.5) is 0 Å². The minimum Gasteiger partial charge on any atom is -0.0850 e. The highest BCUT2D eigenvalue weighted by Crippen LogP contribution is 2.37. The Hall–Kier alpha value is -0.260. The Morgan fingerprint density at radius 3 is 3.33 bits per heavy atom. The Labute approximate surface area is 58.4 Å². The molecular weight excluding hydrogens is 108 g/mol. The first-order valence-electron chi connectivity index (χ1n) is 4.57. The van der Waals surface area contributed by atoms with Gasteiger partial charge in [0.25, 0.3) is 0 Å². The van der Waals surface area contributed by atoms with E-state index in [0.29, 0.717) is 0 Å². The minimum atomic E-state index is 0.137. The fourth-order valence-corrected chi connectivity index (χ4v) is 1.98. The van der Waals surface area contributed by atoms with Crippen LogP contribution in [0.15, 0.2) is 11.6 Å². The van der Waals surface area contributed by atoms with E-state index in [9.17, 15) is 0 Å². The molecule has 0 heterocycles. The highest BCUT2D eigenvalue weighted by molar-refractivity contribution is 5.14. The lowest BCUT2D eigenvalue weighted by Crippen LogP contribution is -2.04. The SMILES string of the molecule is [2H]C1C=C2CCCCC2C1. The van der Waals surface area contributed by atoms with E-state index in [1.165, 1.54) is 25.7 Å². The van der Waals surface area contributed by atoms with Crippen molar-refractivity contribution in [3.05, 3.63) is 11.6 Å². The fraction of sp³-hybridized carbons (Fsp3) is 0.778. The number of fused-ring (bicyclic) bond motifs is 1. The van der Waals surface area contributed by atoms with Gasteiger partial charge in [-0.15, -0.1) is 0 Å². The second-order valence-electron chi connectivity index (χ2n) is 3.16. The van der Waals surface area contributed by atoms with Gasteiger partial charge in [-0.25, -0.2) is 0 Å². The van der Waals surface area contributed by atoms with Gasteiger partial charge in [-0.1, -0.05) is 18.1 Å². The van der Waals surface area contributed by atoms with Crippen LogP contribution in [0.1, 0.15) is 39.9 Å². The van der Waals surface area contributed by atoms with Crippen molar-refractivity contribution in [1.29, 1.82) is 0 Å². The Bertz CT molecular complexity index is 160. The molecule has 0 aromatic rings. The lowest BCUT2D eigenvalue weighted by molar-refractivity contribution is 0.456. The fourth-order valence-electron chi connectivity index (χ4n) is 1.98. The van der Waals surface area contributed by atoms with E-state index >= 15 is 0 Å². The molecule has 0 aromatic carbocycles. The topological polar surface area (TPSA) is 0 Å². The number of rotatable bonds is 0. The molecule has 9 heavy (non-hydrogen) atoms. The summed E-state index contributed by atoms with van der Waals surface area (Å²) in [7, 11) is 0. The number of hydrogen-bond acceptors (Lipinski definition) is 0. The van der Waals surface area contributed by atoms with Gasteiger partial charge in [0.2, 0.25) is 0 Å². The second kappa shape index (κ2) is 2.17. The predicted octanol–water partition coefficient (Wildman–Crippen LogP) is 2.90. The highest BCUT2D eigenvalue weighted by Gasteiger charge is 2.21. The molecule has 50 valence electrons. The van der Waals surface area contributed by atoms with Crippen LogP contribution < -0.4 is 0 Å². The molecule has 0 amide bonds. The van der Waals surface area contributed by atoms with Crippen molar-refractivity contribution in [2.75, 3.05) is 0 Å². The van der Waals surface area contributed by atoms with Gasteiger partial charge in [0.05, 0.1) is 0 Å². The number of hydrogen-bond donors (Lipinski definition) is 0. The molecule has 2 aliphatic rings. The molecule has 2 atom stereocenters. The Morgan fingerprint density at radius 1 is 1.44 bits per heavy atom. The van der Waals surface area contributed by atoms with Gasteiger partial charge < -0.3 is 0 Å². The van der Waals surface area contributed by atoms with Crippen molar-refractivity contribution >= 4 is 0 Å². The average Bonchev–Trinajstić information content (AvgIpc) is 2.27. The van der Waals surface area contributed by atoms with Crippen LogP contribution in [0.3, 0.4) is 0 Å². The standard InChI is InChI=1S/C9H14/c1-2-5-9-7-3-6-8(9)4-1/h6,9H,1-5,7H2/i3D. The summed E-state index contributed by atoms with van der Waals surface area (Å²) in [6.45, 7) is 0. The third kappa shape index (κ3) is 0.910. The Morgan fingerprint density at radius 2 is 2.44 bits per heavy atom. The molecule has 1 saturated carbocycles. The summed E-state index contributed by atoms with van der Waals surface area (Å²) in [6, 6.07) is 0. The van der Waals surface area contributed by atoms with Crippen molar-refractivity contribution in [2.45, 2.75) is 38.5 Å². The summed E-state index contributed by atoms with van der Waals surface area (Å²) in [5, 5.41) is 0. The van der Waals surface area contributed by atoms with Gasteiger partial charge in [0, 0.05) is 1.37 Å². The third-order valence-corrected chi connectivity index (χ3v) is 2.54. The molecule has 0 N–H and O–H groups in total. The average molecular weight is 123 g/mol. The van der Waals surface area contributed by atoms with E-state index in [-0.39, 0.29) is 6.40 Å². The quantitative estimate of drug-likeness (QED) is 0.434. The molecule has 2 unspecified atom stereocenters. The van der Waals surface area contributed by atoms with E-state index in [0.717, 1.165) is 12.3 Å². The van der Waals surface area contributed by atoms with Crippen molar-refractivity contribution in [2.24, 2.45) is 5.92 Å². The van der Waals surface area contributed by atoms with Crippen molar-refractivity contribution in [1.82, 2.24) is 0 Å². The lowest BCUT2D eigenvalue weighted by Gasteiger charge is -2.19. The molecule has 0 heteroatoms. The molecule has 1 fully saturated rings. The van der Waals surface area contributed by atoms with E-state index in [2.05, 4.69) is 6.08 Å². The summed E-state index contributed by atoms with van der Waals surface area (Å²) in [4.78, 5) is 0. The first kappa shape index (κ1) is 4.54. The van der Waals surface area contributed by atoms with Crippen LogP contribution in [-0.4, -0.2) is 0 Å². The summed E-state index contributed by atoms with van der Waals surface area (Å²) in [5.74, 6) is 0.816. The molecule has 2 rings (SSSR count). The maximum absolute atomic E-state index is 7.55. The smallest absolute Gasteiger partial charge is 0.0310 e. The van der Waals surface area contributed by atoms with Gasteiger partial charge in [0.1, 0.15) is 0 Å². The highest BCUT2D eigenvalue weighted by atomic mass is 14.3. The molecule has 0 bridgehead atoms. The van der Waals surface area contributed by atoms with Crippen LogP contribution in [-0.2, 0) is 0 Å². The Kier molecular flexibility index (Phi) is 1.09. The Balaban J connectivity index is 2.10. The summed E-state index contributed by atoms with van der Waals surface area (Å²) in [6.07, 6.45) is 8.86. The van der Waals surface area contributed by atoms with Gasteiger partial charge >= 0.3 is 0 Å². The summed E-state index contributed by atoms with van der Waals surface area (Å²) in [5.41, 5.74) is 1.60. The summed E-state index contributed by atoms with van der Waals surface area (Å²) >= 11 is 0. The van der Waals surface area contributed by atoms with Gasteiger partial charge in [-0.05, 0) is 38.0 Å². The van der Waals surface area contributed by atoms with Crippen molar-refractivity contribution in [3.63, 3.8) is 0 Å². The molecule has 0 aliphatic heterocycles. The van der Waals surface area contributed by atoms with Crippen LogP contribution in [0.2, 0.25) is 0 Å². The maximum atomic E-state index is 7.55. The minimum absolute atomic E-state index is 0.137. The van der Waals surface area contributed by atoms with E-state index in [1.54, 1.807) is 5.57 Å². The van der Waals surface area contributed by atoms with Crippen molar-refractivity contribution in [3.8, 4) is 0 Å². The van der Waals surface area contributed by atoms with Crippen molar-refractivity contribution < 1.29 is 1.37 Å². The zero-order valence-electron chi connectivity index (χ0n) is 6.77.